The summed E-state index contributed by atoms with van der Waals surface area (Å²) in [6.07, 6.45) is 1.25. The Morgan fingerprint density at radius 1 is 1.08 bits per heavy atom. The molecule has 1 spiro atoms. The number of para-hydroxylation sites is 1. The van der Waals surface area contributed by atoms with Crippen molar-refractivity contribution in [2.24, 2.45) is 0 Å². The Labute approximate surface area is 144 Å². The third-order valence-electron chi connectivity index (χ3n) is 4.78. The van der Waals surface area contributed by atoms with E-state index in [2.05, 4.69) is 10.6 Å². The molecule has 2 N–H and O–H groups in total. The van der Waals surface area contributed by atoms with Crippen molar-refractivity contribution in [2.75, 3.05) is 11.9 Å². The maximum absolute atomic E-state index is 13.0. The van der Waals surface area contributed by atoms with E-state index in [4.69, 9.17) is 0 Å². The molecular formula is C19H17N3O3. The fraction of sp³-hybridized carbons (Fsp3) is 0.211. The fourth-order valence-corrected chi connectivity index (χ4v) is 3.60. The summed E-state index contributed by atoms with van der Waals surface area (Å²) in [6, 6.07) is 16.0. The molecule has 1 aliphatic carbocycles. The fourth-order valence-electron chi connectivity index (χ4n) is 3.60. The Morgan fingerprint density at radius 2 is 1.80 bits per heavy atom. The van der Waals surface area contributed by atoms with E-state index in [1.54, 1.807) is 24.3 Å². The lowest BCUT2D eigenvalue weighted by molar-refractivity contribution is -0.134. The number of carbonyl (C=O) groups is 3. The first-order valence-electron chi connectivity index (χ1n) is 8.17. The summed E-state index contributed by atoms with van der Waals surface area (Å²) in [7, 11) is 0. The molecule has 1 aliphatic heterocycles. The van der Waals surface area contributed by atoms with Crippen molar-refractivity contribution in [3.8, 4) is 0 Å². The van der Waals surface area contributed by atoms with Gasteiger partial charge in [0.25, 0.3) is 5.91 Å². The molecular weight excluding hydrogens is 318 g/mol. The second kappa shape index (κ2) is 5.73. The number of hydrogen-bond donors (Lipinski definition) is 2. The van der Waals surface area contributed by atoms with Crippen LogP contribution in [0.4, 0.5) is 10.5 Å². The van der Waals surface area contributed by atoms with Crippen LogP contribution in [-0.2, 0) is 21.5 Å². The molecule has 6 nitrogen and oxygen atoms in total. The quantitative estimate of drug-likeness (QED) is 0.842. The number of nitrogens with zero attached hydrogens (tertiary/aromatic N) is 1. The number of carbonyl (C=O) groups excluding carboxylic acids is 3. The smallest absolute Gasteiger partial charge is 0.325 e. The lowest BCUT2D eigenvalue weighted by Crippen LogP contribution is -2.42. The van der Waals surface area contributed by atoms with E-state index in [0.29, 0.717) is 12.1 Å². The van der Waals surface area contributed by atoms with Crippen LogP contribution in [0.1, 0.15) is 17.5 Å². The van der Waals surface area contributed by atoms with Gasteiger partial charge in [-0.2, -0.15) is 0 Å². The molecule has 2 aromatic carbocycles. The monoisotopic (exact) mass is 335 g/mol. The molecule has 4 amide bonds. The molecule has 2 aliphatic rings. The second-order valence-corrected chi connectivity index (χ2v) is 6.30. The van der Waals surface area contributed by atoms with E-state index in [9.17, 15) is 14.4 Å². The van der Waals surface area contributed by atoms with Crippen molar-refractivity contribution in [1.82, 2.24) is 10.2 Å². The van der Waals surface area contributed by atoms with Gasteiger partial charge in [0.05, 0.1) is 0 Å². The van der Waals surface area contributed by atoms with Gasteiger partial charge in [-0.15, -0.1) is 0 Å². The minimum absolute atomic E-state index is 0.302. The topological polar surface area (TPSA) is 78.5 Å². The molecule has 1 fully saturated rings. The Balaban J connectivity index is 1.54. The predicted molar refractivity (Wildman–Crippen MR) is 91.8 cm³/mol. The Kier molecular flexibility index (Phi) is 3.53. The van der Waals surface area contributed by atoms with E-state index in [1.807, 2.05) is 30.3 Å². The predicted octanol–water partition coefficient (Wildman–Crippen LogP) is 2.02. The second-order valence-electron chi connectivity index (χ2n) is 6.30. The van der Waals surface area contributed by atoms with Crippen LogP contribution in [0.3, 0.4) is 0 Å². The van der Waals surface area contributed by atoms with Gasteiger partial charge in [0, 0.05) is 5.69 Å². The zero-order valence-corrected chi connectivity index (χ0v) is 13.5. The van der Waals surface area contributed by atoms with Crippen molar-refractivity contribution in [2.45, 2.75) is 18.4 Å². The van der Waals surface area contributed by atoms with Crippen LogP contribution in [0.25, 0.3) is 0 Å². The molecule has 0 radical (unpaired) electrons. The molecule has 1 heterocycles. The van der Waals surface area contributed by atoms with E-state index in [-0.39, 0.29) is 12.5 Å². The van der Waals surface area contributed by atoms with Gasteiger partial charge in [0.1, 0.15) is 12.1 Å². The van der Waals surface area contributed by atoms with Gasteiger partial charge >= 0.3 is 6.03 Å². The van der Waals surface area contributed by atoms with Gasteiger partial charge in [0.15, 0.2) is 0 Å². The molecule has 0 saturated carbocycles. The van der Waals surface area contributed by atoms with Crippen LogP contribution in [0.2, 0.25) is 0 Å². The van der Waals surface area contributed by atoms with Crippen molar-refractivity contribution in [3.05, 3.63) is 65.7 Å². The number of fused-ring (bicyclic) bond motifs is 2. The number of imide groups is 1. The minimum atomic E-state index is -1.03. The van der Waals surface area contributed by atoms with Crippen LogP contribution in [0.5, 0.6) is 0 Å². The molecule has 0 bridgehead atoms. The molecule has 1 saturated heterocycles. The summed E-state index contributed by atoms with van der Waals surface area (Å²) in [5.74, 6) is -0.760. The largest absolute Gasteiger partial charge is 0.325 e. The highest BCUT2D eigenvalue weighted by molar-refractivity contribution is 6.10. The van der Waals surface area contributed by atoms with E-state index in [1.165, 1.54) is 0 Å². The summed E-state index contributed by atoms with van der Waals surface area (Å²) in [5.41, 5.74) is 1.49. The number of anilines is 1. The van der Waals surface area contributed by atoms with Crippen molar-refractivity contribution >= 4 is 23.5 Å². The minimum Gasteiger partial charge on any atom is -0.325 e. The molecule has 1 atom stereocenters. The maximum Gasteiger partial charge on any atom is 0.325 e. The lowest BCUT2D eigenvalue weighted by atomic mass is 9.92. The third kappa shape index (κ3) is 2.46. The highest BCUT2D eigenvalue weighted by Gasteiger charge is 2.55. The standard InChI is InChI=1S/C19H17N3O3/c23-16(20-14-7-2-1-3-8-14)12-22-17(24)19(21-18(22)25)11-10-13-6-4-5-9-15(13)19/h1-9H,10-12H2,(H,20,23)(H,21,25)/t19-/m0/s1. The highest BCUT2D eigenvalue weighted by Crippen LogP contribution is 2.41. The number of benzene rings is 2. The normalized spacial score (nSPS) is 21.4. The summed E-state index contributed by atoms with van der Waals surface area (Å²) < 4.78 is 0. The summed E-state index contributed by atoms with van der Waals surface area (Å²) in [5, 5.41) is 5.51. The van der Waals surface area contributed by atoms with Gasteiger partial charge in [-0.05, 0) is 36.1 Å². The SMILES string of the molecule is O=C(CN1C(=O)N[C@]2(CCc3ccccc32)C1=O)Nc1ccccc1. The van der Waals surface area contributed by atoms with Gasteiger partial charge in [-0.1, -0.05) is 42.5 Å². The number of aryl methyl sites for hydroxylation is 1. The first-order valence-corrected chi connectivity index (χ1v) is 8.17. The number of nitrogens with one attached hydrogen (secondary N) is 2. The Hall–Kier alpha value is -3.15. The van der Waals surface area contributed by atoms with Gasteiger partial charge in [-0.3, -0.25) is 14.5 Å². The summed E-state index contributed by atoms with van der Waals surface area (Å²) in [6.45, 7) is -0.302. The summed E-state index contributed by atoms with van der Waals surface area (Å²) in [4.78, 5) is 38.5. The first-order chi connectivity index (χ1) is 12.1. The highest BCUT2D eigenvalue weighted by atomic mass is 16.2. The van der Waals surface area contributed by atoms with Crippen LogP contribution in [0.15, 0.2) is 54.6 Å². The molecule has 6 heteroatoms. The molecule has 126 valence electrons. The average Bonchev–Trinajstić information content (AvgIpc) is 3.10. The number of urea groups is 1. The van der Waals surface area contributed by atoms with Crippen molar-refractivity contribution in [1.29, 1.82) is 0 Å². The molecule has 4 rings (SSSR count). The average molecular weight is 335 g/mol. The number of hydrogen-bond acceptors (Lipinski definition) is 3. The third-order valence-corrected chi connectivity index (χ3v) is 4.78. The zero-order valence-electron chi connectivity index (χ0n) is 13.5. The summed E-state index contributed by atoms with van der Waals surface area (Å²) >= 11 is 0. The van der Waals surface area contributed by atoms with E-state index in [0.717, 1.165) is 22.4 Å². The number of rotatable bonds is 3. The van der Waals surface area contributed by atoms with Crippen molar-refractivity contribution in [3.63, 3.8) is 0 Å². The van der Waals surface area contributed by atoms with Gasteiger partial charge in [0.2, 0.25) is 5.91 Å². The van der Waals surface area contributed by atoms with Crippen molar-refractivity contribution < 1.29 is 14.4 Å². The van der Waals surface area contributed by atoms with E-state index < -0.39 is 17.5 Å². The first kappa shape index (κ1) is 15.4. The number of amides is 4. The van der Waals surface area contributed by atoms with Gasteiger partial charge < -0.3 is 10.6 Å². The Bertz CT molecular complexity index is 865. The van der Waals surface area contributed by atoms with Gasteiger partial charge in [-0.25, -0.2) is 4.79 Å². The van der Waals surface area contributed by atoms with Crippen LogP contribution in [-0.4, -0.2) is 29.3 Å². The lowest BCUT2D eigenvalue weighted by Gasteiger charge is -2.22. The zero-order chi connectivity index (χ0) is 17.4. The molecule has 25 heavy (non-hydrogen) atoms. The maximum atomic E-state index is 13.0. The Morgan fingerprint density at radius 3 is 2.60 bits per heavy atom. The van der Waals surface area contributed by atoms with Crippen LogP contribution in [0, 0.1) is 0 Å². The molecule has 2 aromatic rings. The molecule has 0 aromatic heterocycles. The van der Waals surface area contributed by atoms with Crippen LogP contribution < -0.4 is 10.6 Å². The van der Waals surface area contributed by atoms with Crippen LogP contribution >= 0.6 is 0 Å². The molecule has 0 unspecified atom stereocenters. The van der Waals surface area contributed by atoms with E-state index >= 15 is 0 Å².